The Hall–Kier alpha value is -1.46. The van der Waals surface area contributed by atoms with Crippen molar-refractivity contribution in [3.05, 3.63) is 52.5 Å². The smallest absolute Gasteiger partial charge is 0.225 e. The van der Waals surface area contributed by atoms with Crippen molar-refractivity contribution >= 4 is 45.0 Å². The highest BCUT2D eigenvalue weighted by molar-refractivity contribution is 9.10. The lowest BCUT2D eigenvalue weighted by atomic mass is 10.1. The minimum absolute atomic E-state index is 0.00301. The lowest BCUT2D eigenvalue weighted by Gasteiger charge is -2.10. The third-order valence-corrected chi connectivity index (χ3v) is 5.10. The molecule has 21 heavy (non-hydrogen) atoms. The molecule has 5 heteroatoms. The van der Waals surface area contributed by atoms with Crippen LogP contribution >= 0.6 is 27.7 Å². The molecule has 0 spiro atoms. The minimum atomic E-state index is 0.00301. The first kappa shape index (κ1) is 15.9. The second kappa shape index (κ2) is 7.52. The molecular weight excluding hydrogens is 348 g/mol. The van der Waals surface area contributed by atoms with Crippen molar-refractivity contribution in [2.75, 3.05) is 16.8 Å². The molecule has 0 bridgehead atoms. The number of anilines is 2. The molecule has 0 unspecified atom stereocenters. The summed E-state index contributed by atoms with van der Waals surface area (Å²) in [6.45, 7) is 1.90. The van der Waals surface area contributed by atoms with E-state index in [4.69, 9.17) is 5.73 Å². The zero-order chi connectivity index (χ0) is 15.2. The van der Waals surface area contributed by atoms with Crippen molar-refractivity contribution in [2.24, 2.45) is 0 Å². The number of nitrogens with two attached hydrogens (primary N) is 1. The van der Waals surface area contributed by atoms with E-state index in [1.807, 2.05) is 49.4 Å². The zero-order valence-corrected chi connectivity index (χ0v) is 14.1. The molecule has 0 aromatic heterocycles. The lowest BCUT2D eigenvalue weighted by Crippen LogP contribution is -2.13. The highest BCUT2D eigenvalue weighted by atomic mass is 79.9. The van der Waals surface area contributed by atoms with Gasteiger partial charge in [-0.05, 0) is 52.7 Å². The van der Waals surface area contributed by atoms with E-state index in [-0.39, 0.29) is 5.91 Å². The summed E-state index contributed by atoms with van der Waals surface area (Å²) in [5, 5.41) is 2.91. The van der Waals surface area contributed by atoms with Gasteiger partial charge in [-0.3, -0.25) is 4.79 Å². The number of carbonyl (C=O) groups excluding carboxylic acids is 1. The molecule has 0 saturated heterocycles. The number of benzene rings is 2. The summed E-state index contributed by atoms with van der Waals surface area (Å²) < 4.78 is 1.06. The van der Waals surface area contributed by atoms with Gasteiger partial charge >= 0.3 is 0 Å². The number of hydrogen-bond acceptors (Lipinski definition) is 3. The molecule has 0 atom stereocenters. The van der Waals surface area contributed by atoms with Gasteiger partial charge < -0.3 is 11.1 Å². The van der Waals surface area contributed by atoms with E-state index < -0.39 is 0 Å². The van der Waals surface area contributed by atoms with Crippen LogP contribution in [0.3, 0.4) is 0 Å². The number of halogens is 1. The summed E-state index contributed by atoms with van der Waals surface area (Å²) in [5.41, 5.74) is 8.21. The maximum absolute atomic E-state index is 12.0. The fourth-order valence-electron chi connectivity index (χ4n) is 1.82. The van der Waals surface area contributed by atoms with E-state index in [1.54, 1.807) is 11.8 Å². The molecule has 2 aromatic carbocycles. The van der Waals surface area contributed by atoms with Gasteiger partial charge in [0.1, 0.15) is 0 Å². The molecule has 0 saturated carbocycles. The Balaban J connectivity index is 1.85. The second-order valence-electron chi connectivity index (χ2n) is 4.60. The number of amides is 1. The number of hydrogen-bond donors (Lipinski definition) is 2. The van der Waals surface area contributed by atoms with Gasteiger partial charge in [0.15, 0.2) is 0 Å². The number of carbonyl (C=O) groups is 1. The van der Waals surface area contributed by atoms with Crippen molar-refractivity contribution in [3.8, 4) is 0 Å². The van der Waals surface area contributed by atoms with Gasteiger partial charge in [-0.25, -0.2) is 0 Å². The van der Waals surface area contributed by atoms with Crippen LogP contribution in [0.1, 0.15) is 12.0 Å². The monoisotopic (exact) mass is 364 g/mol. The standard InChI is InChI=1S/C16H17BrN2OS/c1-11-13(18)6-4-7-14(11)19-16(20)9-10-21-15-8-3-2-5-12(15)17/h2-8H,9-10,18H2,1H3,(H,19,20). The van der Waals surface area contributed by atoms with Crippen LogP contribution in [0.5, 0.6) is 0 Å². The second-order valence-corrected chi connectivity index (χ2v) is 6.59. The molecule has 0 radical (unpaired) electrons. The van der Waals surface area contributed by atoms with Crippen LogP contribution in [0.25, 0.3) is 0 Å². The minimum Gasteiger partial charge on any atom is -0.398 e. The molecule has 2 rings (SSSR count). The Bertz CT molecular complexity index is 646. The maximum atomic E-state index is 12.0. The lowest BCUT2D eigenvalue weighted by molar-refractivity contribution is -0.115. The highest BCUT2D eigenvalue weighted by Crippen LogP contribution is 2.27. The van der Waals surface area contributed by atoms with Crippen molar-refractivity contribution in [1.82, 2.24) is 0 Å². The Kier molecular flexibility index (Phi) is 5.70. The summed E-state index contributed by atoms with van der Waals surface area (Å²) in [7, 11) is 0. The predicted molar refractivity (Wildman–Crippen MR) is 93.7 cm³/mol. The largest absolute Gasteiger partial charge is 0.398 e. The van der Waals surface area contributed by atoms with Gasteiger partial charge in [0.05, 0.1) is 0 Å². The van der Waals surface area contributed by atoms with Crippen molar-refractivity contribution < 1.29 is 4.79 Å². The highest BCUT2D eigenvalue weighted by Gasteiger charge is 2.07. The molecule has 0 aliphatic rings. The molecule has 110 valence electrons. The van der Waals surface area contributed by atoms with Crippen molar-refractivity contribution in [2.45, 2.75) is 18.2 Å². The number of nitrogens with one attached hydrogen (secondary N) is 1. The Morgan fingerprint density at radius 2 is 2.00 bits per heavy atom. The quantitative estimate of drug-likeness (QED) is 0.608. The topological polar surface area (TPSA) is 55.1 Å². The van der Waals surface area contributed by atoms with E-state index in [1.165, 1.54) is 0 Å². The summed E-state index contributed by atoms with van der Waals surface area (Å²) in [4.78, 5) is 13.1. The van der Waals surface area contributed by atoms with E-state index in [9.17, 15) is 4.79 Å². The van der Waals surface area contributed by atoms with Crippen LogP contribution in [0, 0.1) is 6.92 Å². The molecule has 0 aliphatic heterocycles. The fraction of sp³-hybridized carbons (Fsp3) is 0.188. The fourth-order valence-corrected chi connectivity index (χ4v) is 3.33. The molecular formula is C16H17BrN2OS. The van der Waals surface area contributed by atoms with Crippen LogP contribution in [0.15, 0.2) is 51.8 Å². The Morgan fingerprint density at radius 1 is 1.24 bits per heavy atom. The number of thioether (sulfide) groups is 1. The number of nitrogen functional groups attached to an aromatic ring is 1. The summed E-state index contributed by atoms with van der Waals surface area (Å²) in [6, 6.07) is 13.5. The van der Waals surface area contributed by atoms with Crippen LogP contribution in [-0.4, -0.2) is 11.7 Å². The zero-order valence-electron chi connectivity index (χ0n) is 11.7. The number of rotatable bonds is 5. The maximum Gasteiger partial charge on any atom is 0.225 e. The third-order valence-electron chi connectivity index (χ3n) is 3.07. The first-order chi connectivity index (χ1) is 10.1. The van der Waals surface area contributed by atoms with E-state index in [2.05, 4.69) is 21.2 Å². The summed E-state index contributed by atoms with van der Waals surface area (Å²) >= 11 is 5.16. The predicted octanol–water partition coefficient (Wildman–Crippen LogP) is 4.46. The van der Waals surface area contributed by atoms with E-state index in [0.29, 0.717) is 12.1 Å². The average molecular weight is 365 g/mol. The van der Waals surface area contributed by atoms with Crippen LogP contribution in [0.4, 0.5) is 11.4 Å². The molecule has 3 N–H and O–H groups in total. The molecule has 0 fully saturated rings. The van der Waals surface area contributed by atoms with Gasteiger partial charge in [0.25, 0.3) is 0 Å². The van der Waals surface area contributed by atoms with Gasteiger partial charge in [-0.2, -0.15) is 0 Å². The van der Waals surface area contributed by atoms with Gasteiger partial charge in [0.2, 0.25) is 5.91 Å². The first-order valence-corrected chi connectivity index (χ1v) is 8.38. The Labute approximate surface area is 137 Å². The van der Waals surface area contributed by atoms with Crippen LogP contribution < -0.4 is 11.1 Å². The third kappa shape index (κ3) is 4.51. The Morgan fingerprint density at radius 3 is 2.76 bits per heavy atom. The SMILES string of the molecule is Cc1c(N)cccc1NC(=O)CCSc1ccccc1Br. The van der Waals surface area contributed by atoms with Gasteiger partial charge in [-0.1, -0.05) is 18.2 Å². The van der Waals surface area contributed by atoms with E-state index in [0.717, 1.165) is 26.4 Å². The molecule has 3 nitrogen and oxygen atoms in total. The van der Waals surface area contributed by atoms with Crippen LogP contribution in [-0.2, 0) is 4.79 Å². The van der Waals surface area contributed by atoms with Crippen LogP contribution in [0.2, 0.25) is 0 Å². The normalized spacial score (nSPS) is 10.4. The molecule has 1 amide bonds. The summed E-state index contributed by atoms with van der Waals surface area (Å²) in [6.07, 6.45) is 0.459. The molecule has 0 heterocycles. The first-order valence-electron chi connectivity index (χ1n) is 6.60. The van der Waals surface area contributed by atoms with E-state index >= 15 is 0 Å². The molecule has 2 aromatic rings. The van der Waals surface area contributed by atoms with Crippen molar-refractivity contribution in [3.63, 3.8) is 0 Å². The van der Waals surface area contributed by atoms with Gasteiger partial charge in [-0.15, -0.1) is 11.8 Å². The average Bonchev–Trinajstić information content (AvgIpc) is 2.46. The molecule has 0 aliphatic carbocycles. The summed E-state index contributed by atoms with van der Waals surface area (Å²) in [5.74, 6) is 0.735. The van der Waals surface area contributed by atoms with Crippen molar-refractivity contribution in [1.29, 1.82) is 0 Å². The van der Waals surface area contributed by atoms with Gasteiger partial charge in [0, 0.05) is 32.9 Å².